The Bertz CT molecular complexity index is 1460. The van der Waals surface area contributed by atoms with Crippen LogP contribution in [0.5, 0.6) is 0 Å². The molecule has 4 aromatic rings. The van der Waals surface area contributed by atoms with Crippen molar-refractivity contribution in [2.75, 3.05) is 11.4 Å². The largest absolute Gasteiger partial charge is 0.381 e. The number of hydrogen-bond acceptors (Lipinski definition) is 2. The predicted molar refractivity (Wildman–Crippen MR) is 149 cm³/mol. The van der Waals surface area contributed by atoms with E-state index in [0.717, 1.165) is 53.0 Å². The Morgan fingerprint density at radius 1 is 0.892 bits per heavy atom. The summed E-state index contributed by atoms with van der Waals surface area (Å²) in [6.07, 6.45) is 1.99. The molecule has 0 radical (unpaired) electrons. The Balaban J connectivity index is 1.32. The normalized spacial score (nSPS) is 12.8. The van der Waals surface area contributed by atoms with Gasteiger partial charge in [0.1, 0.15) is 11.6 Å². The van der Waals surface area contributed by atoms with Crippen LogP contribution in [0.3, 0.4) is 0 Å². The second-order valence-corrected chi connectivity index (χ2v) is 9.91. The Hall–Kier alpha value is -3.92. The molecule has 0 saturated heterocycles. The van der Waals surface area contributed by atoms with Crippen LogP contribution in [-0.2, 0) is 19.5 Å². The van der Waals surface area contributed by atoms with Crippen molar-refractivity contribution in [3.05, 3.63) is 130 Å². The Labute approximate surface area is 218 Å². The molecule has 188 valence electrons. The highest BCUT2D eigenvalue weighted by atomic mass is 19.1. The molecule has 0 bridgehead atoms. The highest BCUT2D eigenvalue weighted by Gasteiger charge is 2.19. The highest BCUT2D eigenvalue weighted by molar-refractivity contribution is 5.69. The molecule has 2 nitrogen and oxygen atoms in total. The topological polar surface area (TPSA) is 15.3 Å². The molecule has 4 aromatic carbocycles. The minimum absolute atomic E-state index is 0.175. The van der Waals surface area contributed by atoms with E-state index in [-0.39, 0.29) is 11.6 Å². The summed E-state index contributed by atoms with van der Waals surface area (Å²) in [5.41, 5.74) is 9.77. The van der Waals surface area contributed by atoms with Crippen LogP contribution in [0.15, 0.2) is 85.4 Å². The van der Waals surface area contributed by atoms with E-state index in [1.807, 2.05) is 30.3 Å². The lowest BCUT2D eigenvalue weighted by Gasteiger charge is -2.32. The number of benzene rings is 4. The lowest BCUT2D eigenvalue weighted by Crippen LogP contribution is -2.29. The molecule has 0 aliphatic carbocycles. The number of aryl methyl sites for hydroxylation is 3. The predicted octanol–water partition coefficient (Wildman–Crippen LogP) is 7.96. The summed E-state index contributed by atoms with van der Waals surface area (Å²) in [4.78, 5) is 2.27. The summed E-state index contributed by atoms with van der Waals surface area (Å²) in [6, 6.07) is 25.3. The van der Waals surface area contributed by atoms with E-state index in [9.17, 15) is 8.78 Å². The van der Waals surface area contributed by atoms with E-state index >= 15 is 0 Å². The van der Waals surface area contributed by atoms with E-state index in [2.05, 4.69) is 54.1 Å². The molecule has 37 heavy (non-hydrogen) atoms. The summed E-state index contributed by atoms with van der Waals surface area (Å²) in [5.74, 6) is -0.370. The van der Waals surface area contributed by atoms with Gasteiger partial charge in [0.15, 0.2) is 0 Å². The van der Waals surface area contributed by atoms with Crippen molar-refractivity contribution in [3.8, 4) is 11.1 Å². The van der Waals surface area contributed by atoms with Gasteiger partial charge in [-0.2, -0.15) is 0 Å². The number of anilines is 1. The van der Waals surface area contributed by atoms with Crippen LogP contribution in [-0.4, -0.2) is 6.54 Å². The van der Waals surface area contributed by atoms with E-state index in [1.165, 1.54) is 11.1 Å². The summed E-state index contributed by atoms with van der Waals surface area (Å²) < 4.78 is 28.8. The van der Waals surface area contributed by atoms with Crippen molar-refractivity contribution in [2.45, 2.75) is 39.8 Å². The molecule has 0 spiro atoms. The van der Waals surface area contributed by atoms with Crippen LogP contribution in [0.25, 0.3) is 16.8 Å². The van der Waals surface area contributed by atoms with Crippen molar-refractivity contribution in [1.29, 1.82) is 0 Å². The van der Waals surface area contributed by atoms with Gasteiger partial charge in [0.05, 0.1) is 0 Å². The molecule has 0 saturated carbocycles. The van der Waals surface area contributed by atoms with E-state index in [4.69, 9.17) is 0 Å². The number of rotatable bonds is 7. The molecule has 1 aliphatic rings. The summed E-state index contributed by atoms with van der Waals surface area (Å²) in [6.45, 7) is 9.97. The molecule has 0 unspecified atom stereocenters. The third-order valence-corrected chi connectivity index (χ3v) is 7.25. The molecule has 0 fully saturated rings. The molecular weight excluding hydrogens is 462 g/mol. The molecule has 1 aliphatic heterocycles. The maximum Gasteiger partial charge on any atom is 0.128 e. The van der Waals surface area contributed by atoms with Crippen molar-refractivity contribution >= 4 is 11.4 Å². The van der Waals surface area contributed by atoms with Gasteiger partial charge in [0.25, 0.3) is 0 Å². The van der Waals surface area contributed by atoms with Crippen LogP contribution in [0.1, 0.15) is 39.8 Å². The lowest BCUT2D eigenvalue weighted by atomic mass is 9.96. The third-order valence-electron chi connectivity index (χ3n) is 7.25. The summed E-state index contributed by atoms with van der Waals surface area (Å²) in [5, 5.41) is 3.33. The standard InChI is InChI=1S/C33H32F2N2/c1-22-7-4-5-9-30(22)27-12-14-31(34)29(19-27)21-37-16-6-8-28-18-26(13-15-33(28)37)24(3)36-20-25-11-10-23(2)32(35)17-25/h4-5,7,9-15,17-19,36H,3,6,8,16,20-21H2,1-2H3. The van der Waals surface area contributed by atoms with Crippen molar-refractivity contribution in [3.63, 3.8) is 0 Å². The minimum Gasteiger partial charge on any atom is -0.381 e. The Morgan fingerprint density at radius 2 is 1.73 bits per heavy atom. The zero-order valence-corrected chi connectivity index (χ0v) is 21.5. The van der Waals surface area contributed by atoms with Gasteiger partial charge in [-0.05, 0) is 96.0 Å². The van der Waals surface area contributed by atoms with Crippen LogP contribution in [0, 0.1) is 25.5 Å². The fourth-order valence-electron chi connectivity index (χ4n) is 5.05. The molecule has 0 atom stereocenters. The number of fused-ring (bicyclic) bond motifs is 1. The number of nitrogens with one attached hydrogen (secondary N) is 1. The van der Waals surface area contributed by atoms with Crippen LogP contribution in [0.4, 0.5) is 14.5 Å². The highest BCUT2D eigenvalue weighted by Crippen LogP contribution is 2.32. The van der Waals surface area contributed by atoms with Crippen molar-refractivity contribution in [2.24, 2.45) is 0 Å². The monoisotopic (exact) mass is 494 g/mol. The van der Waals surface area contributed by atoms with Crippen LogP contribution in [0.2, 0.25) is 0 Å². The van der Waals surface area contributed by atoms with Gasteiger partial charge in [-0.25, -0.2) is 8.78 Å². The maximum absolute atomic E-state index is 14.9. The molecule has 0 amide bonds. The van der Waals surface area contributed by atoms with Gasteiger partial charge in [-0.3, -0.25) is 0 Å². The maximum atomic E-state index is 14.9. The van der Waals surface area contributed by atoms with Gasteiger partial charge < -0.3 is 10.2 Å². The molecular formula is C33H32F2N2. The number of halogens is 2. The minimum atomic E-state index is -0.195. The van der Waals surface area contributed by atoms with Crippen LogP contribution < -0.4 is 10.2 Å². The third kappa shape index (κ3) is 5.43. The zero-order chi connectivity index (χ0) is 25.9. The first-order chi connectivity index (χ1) is 17.9. The second-order valence-electron chi connectivity index (χ2n) is 9.91. The lowest BCUT2D eigenvalue weighted by molar-refractivity contribution is 0.598. The second kappa shape index (κ2) is 10.6. The smallest absolute Gasteiger partial charge is 0.128 e. The Kier molecular flexibility index (Phi) is 7.09. The first kappa shape index (κ1) is 24.8. The van der Waals surface area contributed by atoms with Crippen molar-refractivity contribution < 1.29 is 8.78 Å². The number of nitrogens with zero attached hydrogens (tertiary/aromatic N) is 1. The first-order valence-electron chi connectivity index (χ1n) is 12.8. The average molecular weight is 495 g/mol. The molecule has 5 rings (SSSR count). The van der Waals surface area contributed by atoms with Gasteiger partial charge in [0.2, 0.25) is 0 Å². The van der Waals surface area contributed by atoms with Gasteiger partial charge >= 0.3 is 0 Å². The first-order valence-corrected chi connectivity index (χ1v) is 12.8. The van der Waals surface area contributed by atoms with Gasteiger partial charge in [-0.1, -0.05) is 55.1 Å². The zero-order valence-electron chi connectivity index (χ0n) is 21.5. The quantitative estimate of drug-likeness (QED) is 0.280. The van der Waals surface area contributed by atoms with E-state index < -0.39 is 0 Å². The molecule has 1 heterocycles. The van der Waals surface area contributed by atoms with Crippen LogP contribution >= 0.6 is 0 Å². The SMILES string of the molecule is C=C(NCc1ccc(C)c(F)c1)c1ccc2c(c1)CCCN2Cc1cc(-c2ccccc2C)ccc1F. The molecule has 4 heteroatoms. The Morgan fingerprint density at radius 3 is 2.54 bits per heavy atom. The van der Waals surface area contributed by atoms with Gasteiger partial charge in [0, 0.05) is 36.6 Å². The van der Waals surface area contributed by atoms with E-state index in [0.29, 0.717) is 24.2 Å². The van der Waals surface area contributed by atoms with Gasteiger partial charge in [-0.15, -0.1) is 0 Å². The fourth-order valence-corrected chi connectivity index (χ4v) is 5.05. The van der Waals surface area contributed by atoms with E-state index in [1.54, 1.807) is 25.1 Å². The molecule has 0 aromatic heterocycles. The summed E-state index contributed by atoms with van der Waals surface area (Å²) in [7, 11) is 0. The van der Waals surface area contributed by atoms with Crippen molar-refractivity contribution in [1.82, 2.24) is 5.32 Å². The fraction of sp³-hybridized carbons (Fsp3) is 0.212. The molecule has 1 N–H and O–H groups in total. The average Bonchev–Trinajstić information content (AvgIpc) is 2.90. The number of hydrogen-bond donors (Lipinski definition) is 1. The summed E-state index contributed by atoms with van der Waals surface area (Å²) >= 11 is 0.